The normalized spacial score (nSPS) is 42.4. The number of aliphatic hydroxyl groups is 1. The molecule has 3 N–H and O–H groups in total. The van der Waals surface area contributed by atoms with Gasteiger partial charge in [0.05, 0.1) is 18.7 Å². The molecule has 0 aromatic heterocycles. The maximum atomic E-state index is 15.4. The Balaban J connectivity index is 1.40. The predicted octanol–water partition coefficient (Wildman–Crippen LogP) is 0.699. The van der Waals surface area contributed by atoms with Gasteiger partial charge >= 0.3 is 10.2 Å². The zero-order chi connectivity index (χ0) is 19.2. The second-order valence-electron chi connectivity index (χ2n) is 8.79. The zero-order valence-corrected chi connectivity index (χ0v) is 16.3. The van der Waals surface area contributed by atoms with Crippen LogP contribution >= 0.6 is 0 Å². The highest BCUT2D eigenvalue weighted by Gasteiger charge is 2.53. The Hall–Kier alpha value is -0.770. The van der Waals surface area contributed by atoms with Gasteiger partial charge in [0.1, 0.15) is 6.17 Å². The van der Waals surface area contributed by atoms with Crippen molar-refractivity contribution in [2.24, 2.45) is 17.8 Å². The summed E-state index contributed by atoms with van der Waals surface area (Å²) in [5, 5.41) is 14.0. The van der Waals surface area contributed by atoms with Crippen molar-refractivity contribution in [3.63, 3.8) is 0 Å². The largest absolute Gasteiger partial charge is 0.391 e. The summed E-state index contributed by atoms with van der Waals surface area (Å²) in [6.45, 7) is 0.541. The number of fused-ring (bicyclic) bond motifs is 1. The summed E-state index contributed by atoms with van der Waals surface area (Å²) < 4.78 is 42.4. The highest BCUT2D eigenvalue weighted by atomic mass is 32.2. The van der Waals surface area contributed by atoms with Crippen molar-refractivity contribution >= 4 is 16.1 Å². The molecule has 6 atom stereocenters. The number of carbonyl (C=O) groups is 1. The predicted molar refractivity (Wildman–Crippen MR) is 97.7 cm³/mol. The summed E-state index contributed by atoms with van der Waals surface area (Å²) in [4.78, 5) is 11.5. The Kier molecular flexibility index (Phi) is 5.48. The van der Waals surface area contributed by atoms with E-state index in [2.05, 4.69) is 5.32 Å². The van der Waals surface area contributed by atoms with Gasteiger partial charge in [-0.25, -0.2) is 9.11 Å². The molecule has 6 unspecified atom stereocenters. The van der Waals surface area contributed by atoms with Gasteiger partial charge in [-0.3, -0.25) is 4.79 Å². The van der Waals surface area contributed by atoms with Crippen LogP contribution in [0.4, 0.5) is 4.39 Å². The first kappa shape index (κ1) is 19.5. The molecule has 0 aromatic rings. The number of alkyl halides is 1. The third kappa shape index (κ3) is 3.88. The molecule has 0 aromatic carbocycles. The van der Waals surface area contributed by atoms with Crippen molar-refractivity contribution in [1.29, 1.82) is 0 Å². The van der Waals surface area contributed by atoms with Crippen LogP contribution in [0.2, 0.25) is 0 Å². The second kappa shape index (κ2) is 7.57. The summed E-state index contributed by atoms with van der Waals surface area (Å²) in [5.41, 5.74) is 0. The van der Waals surface area contributed by atoms with E-state index in [9.17, 15) is 18.3 Å². The number of nitrogens with zero attached hydrogens (tertiary/aromatic N) is 1. The maximum absolute atomic E-state index is 15.4. The number of amides is 1. The van der Waals surface area contributed by atoms with Gasteiger partial charge in [-0.15, -0.1) is 0 Å². The SMILES string of the molecule is O=C1CN(C2C(O)CC3CCC(NCCC4CCC4)CC3C2F)S(=O)(=O)N1. The van der Waals surface area contributed by atoms with Gasteiger partial charge in [-0.2, -0.15) is 12.7 Å². The second-order valence-corrected chi connectivity index (χ2v) is 10.4. The molecule has 1 heterocycles. The van der Waals surface area contributed by atoms with Crippen molar-refractivity contribution in [1.82, 2.24) is 14.3 Å². The molecule has 3 saturated carbocycles. The third-order valence-electron chi connectivity index (χ3n) is 7.12. The minimum atomic E-state index is -4.06. The van der Waals surface area contributed by atoms with E-state index in [1.807, 2.05) is 4.72 Å². The molecular weight excluding hydrogens is 373 g/mol. The minimum Gasteiger partial charge on any atom is -0.391 e. The summed E-state index contributed by atoms with van der Waals surface area (Å²) in [6, 6.07) is -0.931. The number of carbonyl (C=O) groups excluding carboxylic acids is 1. The quantitative estimate of drug-likeness (QED) is 0.628. The minimum absolute atomic E-state index is 0.0740. The summed E-state index contributed by atoms with van der Waals surface area (Å²) in [5.74, 6) is -0.0396. The molecule has 1 aliphatic heterocycles. The number of hydrogen-bond acceptors (Lipinski definition) is 5. The number of hydrogen-bond donors (Lipinski definition) is 3. The molecule has 0 radical (unpaired) electrons. The molecular formula is C18H30FN3O4S. The van der Waals surface area contributed by atoms with Crippen LogP contribution in [0.15, 0.2) is 0 Å². The molecule has 7 nitrogen and oxygen atoms in total. The van der Waals surface area contributed by atoms with Crippen LogP contribution in [0.5, 0.6) is 0 Å². The summed E-state index contributed by atoms with van der Waals surface area (Å²) in [6.07, 6.45) is 5.48. The smallest absolute Gasteiger partial charge is 0.304 e. The first-order chi connectivity index (χ1) is 12.8. The molecule has 4 aliphatic rings. The average Bonchev–Trinajstić information content (AvgIpc) is 2.82. The molecule has 0 bridgehead atoms. The van der Waals surface area contributed by atoms with E-state index < -0.39 is 41.0 Å². The molecule has 9 heteroatoms. The molecule has 0 spiro atoms. The molecule has 4 fully saturated rings. The van der Waals surface area contributed by atoms with Crippen LogP contribution in [0.25, 0.3) is 0 Å². The lowest BCUT2D eigenvalue weighted by molar-refractivity contribution is -0.119. The molecule has 1 saturated heterocycles. The maximum Gasteiger partial charge on any atom is 0.304 e. The molecule has 4 rings (SSSR count). The Bertz CT molecular complexity index is 672. The van der Waals surface area contributed by atoms with Gasteiger partial charge < -0.3 is 10.4 Å². The van der Waals surface area contributed by atoms with E-state index in [1.165, 1.54) is 25.7 Å². The van der Waals surface area contributed by atoms with E-state index in [1.54, 1.807) is 0 Å². The van der Waals surface area contributed by atoms with Crippen LogP contribution in [-0.2, 0) is 15.0 Å². The van der Waals surface area contributed by atoms with Gasteiger partial charge in [0.15, 0.2) is 0 Å². The number of rotatable bonds is 5. The Morgan fingerprint density at radius 1 is 1.22 bits per heavy atom. The van der Waals surface area contributed by atoms with Crippen molar-refractivity contribution in [3.05, 3.63) is 0 Å². The van der Waals surface area contributed by atoms with Crippen molar-refractivity contribution in [3.8, 4) is 0 Å². The van der Waals surface area contributed by atoms with Gasteiger partial charge in [0.2, 0.25) is 5.91 Å². The highest BCUT2D eigenvalue weighted by Crippen LogP contribution is 2.44. The fraction of sp³-hybridized carbons (Fsp3) is 0.944. The van der Waals surface area contributed by atoms with E-state index in [0.29, 0.717) is 12.8 Å². The van der Waals surface area contributed by atoms with Gasteiger partial charge in [0, 0.05) is 6.04 Å². The first-order valence-electron chi connectivity index (χ1n) is 10.2. The van der Waals surface area contributed by atoms with E-state index in [4.69, 9.17) is 0 Å². The lowest BCUT2D eigenvalue weighted by Crippen LogP contribution is -2.59. The fourth-order valence-electron chi connectivity index (χ4n) is 5.40. The van der Waals surface area contributed by atoms with Crippen LogP contribution in [0, 0.1) is 17.8 Å². The lowest BCUT2D eigenvalue weighted by atomic mass is 9.66. The molecule has 27 heavy (non-hydrogen) atoms. The Morgan fingerprint density at radius 2 is 2.00 bits per heavy atom. The monoisotopic (exact) mass is 403 g/mol. The van der Waals surface area contributed by atoms with Gasteiger partial charge in [0.25, 0.3) is 0 Å². The number of aliphatic hydroxyl groups excluding tert-OH is 1. The topological polar surface area (TPSA) is 98.7 Å². The average molecular weight is 404 g/mol. The third-order valence-corrected chi connectivity index (χ3v) is 8.59. The lowest BCUT2D eigenvalue weighted by Gasteiger charge is -2.48. The van der Waals surface area contributed by atoms with Crippen molar-refractivity contribution in [2.45, 2.75) is 75.7 Å². The first-order valence-corrected chi connectivity index (χ1v) is 11.7. The van der Waals surface area contributed by atoms with Crippen LogP contribution < -0.4 is 10.0 Å². The number of halogens is 1. The summed E-state index contributed by atoms with van der Waals surface area (Å²) in [7, 11) is -4.06. The highest BCUT2D eigenvalue weighted by molar-refractivity contribution is 7.88. The van der Waals surface area contributed by atoms with Crippen molar-refractivity contribution in [2.75, 3.05) is 13.1 Å². The molecule has 154 valence electrons. The van der Waals surface area contributed by atoms with Crippen LogP contribution in [0.3, 0.4) is 0 Å². The van der Waals surface area contributed by atoms with E-state index >= 15 is 4.39 Å². The molecule has 1 amide bonds. The van der Waals surface area contributed by atoms with E-state index in [-0.39, 0.29) is 17.9 Å². The zero-order valence-electron chi connectivity index (χ0n) is 15.5. The van der Waals surface area contributed by atoms with Crippen LogP contribution in [-0.4, -0.2) is 61.2 Å². The standard InChI is InChI=1S/C18H30FN3O4S/c19-17-14-9-13(20-7-6-11-2-1-3-11)5-4-12(14)8-15(23)18(17)22-10-16(24)21-27(22,25)26/h11-15,17-18,20,23H,1-10H2,(H,21,24). The van der Waals surface area contributed by atoms with Crippen molar-refractivity contribution < 1.29 is 22.7 Å². The Labute approximate surface area is 160 Å². The Morgan fingerprint density at radius 3 is 2.63 bits per heavy atom. The van der Waals surface area contributed by atoms with Crippen LogP contribution in [0.1, 0.15) is 51.4 Å². The summed E-state index contributed by atoms with van der Waals surface area (Å²) >= 11 is 0. The fourth-order valence-corrected chi connectivity index (χ4v) is 6.74. The van der Waals surface area contributed by atoms with Gasteiger partial charge in [-0.1, -0.05) is 19.3 Å². The number of nitrogens with one attached hydrogen (secondary N) is 2. The molecule has 3 aliphatic carbocycles. The van der Waals surface area contributed by atoms with Gasteiger partial charge in [-0.05, 0) is 56.4 Å². The van der Waals surface area contributed by atoms with E-state index in [0.717, 1.165) is 29.6 Å².